The number of aromatic carboxylic acids is 1. The Balaban J connectivity index is 2.57. The first kappa shape index (κ1) is 12.6. The Bertz CT molecular complexity index is 661. The monoisotopic (exact) mass is 258 g/mol. The summed E-state index contributed by atoms with van der Waals surface area (Å²) >= 11 is 0. The molecule has 0 aromatic heterocycles. The zero-order valence-corrected chi connectivity index (χ0v) is 9.70. The molecule has 0 aliphatic heterocycles. The molecule has 2 aromatic carbocycles. The average molecular weight is 258 g/mol. The number of carbonyl (C=O) groups is 2. The lowest BCUT2D eigenvalue weighted by molar-refractivity contribution is 0.0692. The van der Waals surface area contributed by atoms with Crippen LogP contribution in [0, 0.1) is 0 Å². The summed E-state index contributed by atoms with van der Waals surface area (Å²) in [6.45, 7) is 0. The quantitative estimate of drug-likeness (QED) is 0.578. The van der Waals surface area contributed by atoms with Gasteiger partial charge in [0.15, 0.2) is 17.3 Å². The van der Waals surface area contributed by atoms with Crippen molar-refractivity contribution in [2.45, 2.75) is 0 Å². The highest BCUT2D eigenvalue weighted by Gasteiger charge is 2.20. The van der Waals surface area contributed by atoms with E-state index in [4.69, 9.17) is 5.11 Å². The van der Waals surface area contributed by atoms with E-state index in [0.29, 0.717) is 0 Å². The van der Waals surface area contributed by atoms with Crippen molar-refractivity contribution in [2.75, 3.05) is 0 Å². The lowest BCUT2D eigenvalue weighted by Crippen LogP contribution is -2.09. The molecule has 0 amide bonds. The van der Waals surface area contributed by atoms with E-state index in [-0.39, 0.29) is 16.7 Å². The summed E-state index contributed by atoms with van der Waals surface area (Å²) in [5.74, 6) is -2.89. The molecule has 0 aliphatic carbocycles. The van der Waals surface area contributed by atoms with Crippen LogP contribution in [-0.2, 0) is 0 Å². The fourth-order valence-corrected chi connectivity index (χ4v) is 1.73. The van der Waals surface area contributed by atoms with Gasteiger partial charge in [0.25, 0.3) is 0 Å². The van der Waals surface area contributed by atoms with Gasteiger partial charge in [-0.05, 0) is 18.2 Å². The van der Waals surface area contributed by atoms with Crippen LogP contribution in [0.4, 0.5) is 0 Å². The second-order valence-corrected chi connectivity index (χ2v) is 3.85. The molecule has 0 saturated carbocycles. The molecule has 2 rings (SSSR count). The van der Waals surface area contributed by atoms with Gasteiger partial charge >= 0.3 is 5.97 Å². The second-order valence-electron chi connectivity index (χ2n) is 3.85. The van der Waals surface area contributed by atoms with E-state index in [9.17, 15) is 19.8 Å². The Labute approximate surface area is 108 Å². The Morgan fingerprint density at radius 2 is 1.37 bits per heavy atom. The molecule has 0 unspecified atom stereocenters. The number of carboxylic acids is 1. The first-order chi connectivity index (χ1) is 9.02. The Hall–Kier alpha value is -2.82. The second kappa shape index (κ2) is 4.81. The summed E-state index contributed by atoms with van der Waals surface area (Å²) in [4.78, 5) is 23.3. The molecular weight excluding hydrogens is 248 g/mol. The molecule has 19 heavy (non-hydrogen) atoms. The number of hydrogen-bond donors (Lipinski definition) is 3. The van der Waals surface area contributed by atoms with E-state index < -0.39 is 23.3 Å². The van der Waals surface area contributed by atoms with Gasteiger partial charge in [-0.25, -0.2) is 4.79 Å². The fraction of sp³-hybridized carbons (Fsp3) is 0. The normalized spacial score (nSPS) is 10.1. The third kappa shape index (κ3) is 2.26. The third-order valence-electron chi connectivity index (χ3n) is 2.66. The fourth-order valence-electron chi connectivity index (χ4n) is 1.73. The number of para-hydroxylation sites is 1. The number of rotatable bonds is 3. The van der Waals surface area contributed by atoms with Crippen molar-refractivity contribution in [3.63, 3.8) is 0 Å². The van der Waals surface area contributed by atoms with Crippen molar-refractivity contribution < 1.29 is 24.9 Å². The van der Waals surface area contributed by atoms with Crippen LogP contribution in [-0.4, -0.2) is 27.1 Å². The highest BCUT2D eigenvalue weighted by atomic mass is 16.4. The molecule has 5 nitrogen and oxygen atoms in total. The van der Waals surface area contributed by atoms with Crippen LogP contribution >= 0.6 is 0 Å². The zero-order chi connectivity index (χ0) is 14.0. The molecular formula is C14H10O5. The molecule has 2 aromatic rings. The van der Waals surface area contributed by atoms with Gasteiger partial charge in [-0.1, -0.05) is 24.3 Å². The van der Waals surface area contributed by atoms with Crippen LogP contribution < -0.4 is 0 Å². The summed E-state index contributed by atoms with van der Waals surface area (Å²) < 4.78 is 0. The van der Waals surface area contributed by atoms with Gasteiger partial charge in [0.2, 0.25) is 0 Å². The van der Waals surface area contributed by atoms with Gasteiger partial charge in [-0.3, -0.25) is 4.79 Å². The highest BCUT2D eigenvalue weighted by molar-refractivity contribution is 6.15. The number of aromatic hydroxyl groups is 2. The number of phenols is 2. The maximum absolute atomic E-state index is 12.2. The van der Waals surface area contributed by atoms with E-state index in [2.05, 4.69) is 0 Å². The van der Waals surface area contributed by atoms with Crippen molar-refractivity contribution in [3.05, 3.63) is 59.2 Å². The van der Waals surface area contributed by atoms with Crippen LogP contribution in [0.25, 0.3) is 0 Å². The molecule has 0 fully saturated rings. The molecule has 96 valence electrons. The minimum absolute atomic E-state index is 0.0455. The average Bonchev–Trinajstić information content (AvgIpc) is 2.41. The minimum atomic E-state index is -1.23. The topological polar surface area (TPSA) is 94.8 Å². The predicted octanol–water partition coefficient (Wildman–Crippen LogP) is 2.03. The number of phenolic OH excluding ortho intramolecular Hbond substituents is 2. The van der Waals surface area contributed by atoms with Crippen molar-refractivity contribution in [3.8, 4) is 11.5 Å². The van der Waals surface area contributed by atoms with Crippen LogP contribution in [0.15, 0.2) is 42.5 Å². The Morgan fingerprint density at radius 1 is 0.789 bits per heavy atom. The van der Waals surface area contributed by atoms with Crippen LogP contribution in [0.2, 0.25) is 0 Å². The van der Waals surface area contributed by atoms with Gasteiger partial charge in [0, 0.05) is 5.56 Å². The molecule has 0 spiro atoms. The first-order valence-corrected chi connectivity index (χ1v) is 5.40. The number of carbonyl (C=O) groups excluding carboxylic acids is 1. The van der Waals surface area contributed by atoms with Gasteiger partial charge in [-0.2, -0.15) is 0 Å². The molecule has 0 heterocycles. The summed E-state index contributed by atoms with van der Waals surface area (Å²) in [6.07, 6.45) is 0. The van der Waals surface area contributed by atoms with Crippen LogP contribution in [0.1, 0.15) is 26.3 Å². The molecule has 3 N–H and O–H groups in total. The maximum atomic E-state index is 12.2. The molecule has 0 bridgehead atoms. The van der Waals surface area contributed by atoms with Crippen LogP contribution in [0.5, 0.6) is 11.5 Å². The Morgan fingerprint density at radius 3 is 2.00 bits per heavy atom. The number of hydrogen-bond acceptors (Lipinski definition) is 4. The molecule has 0 saturated heterocycles. The highest BCUT2D eigenvalue weighted by Crippen LogP contribution is 2.30. The van der Waals surface area contributed by atoms with Crippen molar-refractivity contribution in [2.24, 2.45) is 0 Å². The standard InChI is InChI=1S/C14H10O5/c15-11-7-3-6-10(13(11)17)12(16)8-4-1-2-5-9(8)14(18)19/h1-7,15,17H,(H,18,19). The van der Waals surface area contributed by atoms with E-state index in [0.717, 1.165) is 0 Å². The number of carboxylic acid groups (broad SMARTS) is 1. The first-order valence-electron chi connectivity index (χ1n) is 5.40. The largest absolute Gasteiger partial charge is 0.504 e. The SMILES string of the molecule is O=C(O)c1ccccc1C(=O)c1cccc(O)c1O. The van der Waals surface area contributed by atoms with E-state index in [1.54, 1.807) is 0 Å². The minimum Gasteiger partial charge on any atom is -0.504 e. The van der Waals surface area contributed by atoms with E-state index in [1.165, 1.54) is 42.5 Å². The predicted molar refractivity (Wildman–Crippen MR) is 66.6 cm³/mol. The van der Waals surface area contributed by atoms with E-state index >= 15 is 0 Å². The summed E-state index contributed by atoms with van der Waals surface area (Å²) in [7, 11) is 0. The molecule has 0 aliphatic rings. The molecule has 0 radical (unpaired) electrons. The summed E-state index contributed by atoms with van der Waals surface area (Å²) in [6, 6.07) is 9.63. The summed E-state index contributed by atoms with van der Waals surface area (Å²) in [5, 5.41) is 28.0. The van der Waals surface area contributed by atoms with Gasteiger partial charge in [-0.15, -0.1) is 0 Å². The number of benzene rings is 2. The van der Waals surface area contributed by atoms with Gasteiger partial charge < -0.3 is 15.3 Å². The smallest absolute Gasteiger partial charge is 0.336 e. The van der Waals surface area contributed by atoms with Crippen LogP contribution in [0.3, 0.4) is 0 Å². The van der Waals surface area contributed by atoms with Gasteiger partial charge in [0.05, 0.1) is 11.1 Å². The van der Waals surface area contributed by atoms with E-state index in [1.807, 2.05) is 0 Å². The lowest BCUT2D eigenvalue weighted by Gasteiger charge is -2.07. The van der Waals surface area contributed by atoms with Crippen molar-refractivity contribution >= 4 is 11.8 Å². The summed E-state index contributed by atoms with van der Waals surface area (Å²) in [5.41, 5.74) is -0.347. The van der Waals surface area contributed by atoms with Crippen molar-refractivity contribution in [1.29, 1.82) is 0 Å². The maximum Gasteiger partial charge on any atom is 0.336 e. The number of ketones is 1. The zero-order valence-electron chi connectivity index (χ0n) is 9.70. The lowest BCUT2D eigenvalue weighted by atomic mass is 9.97. The molecule has 5 heteroatoms. The van der Waals surface area contributed by atoms with Crippen molar-refractivity contribution in [1.82, 2.24) is 0 Å². The third-order valence-corrected chi connectivity index (χ3v) is 2.66. The Kier molecular flexibility index (Phi) is 3.20. The molecule has 0 atom stereocenters. The van der Waals surface area contributed by atoms with Gasteiger partial charge in [0.1, 0.15) is 0 Å².